The van der Waals surface area contributed by atoms with Crippen LogP contribution in [0.4, 0.5) is 5.69 Å². The summed E-state index contributed by atoms with van der Waals surface area (Å²) in [5.74, 6) is 0. The molecule has 1 atom stereocenters. The minimum Gasteiger partial charge on any atom is -0.392 e. The molecule has 1 unspecified atom stereocenters. The highest BCUT2D eigenvalue weighted by atomic mass is 16.3. The van der Waals surface area contributed by atoms with E-state index in [1.807, 2.05) is 24.3 Å². The molecule has 0 spiro atoms. The second-order valence-corrected chi connectivity index (χ2v) is 5.08. The summed E-state index contributed by atoms with van der Waals surface area (Å²) >= 11 is 0. The van der Waals surface area contributed by atoms with E-state index in [0.717, 1.165) is 11.3 Å². The fourth-order valence-electron chi connectivity index (χ4n) is 2.40. The van der Waals surface area contributed by atoms with Gasteiger partial charge in [0.15, 0.2) is 0 Å². The van der Waals surface area contributed by atoms with Crippen molar-refractivity contribution >= 4 is 5.69 Å². The van der Waals surface area contributed by atoms with Gasteiger partial charge < -0.3 is 10.4 Å². The summed E-state index contributed by atoms with van der Waals surface area (Å²) in [6, 6.07) is 14.7. The number of rotatable bonds is 4. The van der Waals surface area contributed by atoms with Gasteiger partial charge in [0.25, 0.3) is 0 Å². The van der Waals surface area contributed by atoms with E-state index in [0.29, 0.717) is 0 Å². The number of hydrogen-bond donors (Lipinski definition) is 2. The summed E-state index contributed by atoms with van der Waals surface area (Å²) < 4.78 is 0. The molecule has 0 aliphatic rings. The molecule has 0 heterocycles. The maximum Gasteiger partial charge on any atom is 0.0682 e. The molecule has 2 heteroatoms. The Kier molecular flexibility index (Phi) is 4.23. The number of hydrogen-bond acceptors (Lipinski definition) is 2. The normalized spacial score (nSPS) is 12.2. The van der Waals surface area contributed by atoms with Crippen molar-refractivity contribution in [3.63, 3.8) is 0 Å². The van der Waals surface area contributed by atoms with Crippen LogP contribution in [0, 0.1) is 13.8 Å². The lowest BCUT2D eigenvalue weighted by atomic mass is 10.00. The van der Waals surface area contributed by atoms with Crippen LogP contribution in [0.1, 0.15) is 35.2 Å². The Hall–Kier alpha value is -1.80. The zero-order valence-electron chi connectivity index (χ0n) is 11.8. The summed E-state index contributed by atoms with van der Waals surface area (Å²) in [5, 5.41) is 12.6. The topological polar surface area (TPSA) is 32.3 Å². The standard InChI is InChI=1S/C17H21NO/c1-12-7-8-17(13(2)9-12)14(3)18-16-6-4-5-15(10-16)11-19/h4-10,14,18-19H,11H2,1-3H3. The summed E-state index contributed by atoms with van der Waals surface area (Å²) in [4.78, 5) is 0. The van der Waals surface area contributed by atoms with E-state index in [4.69, 9.17) is 5.11 Å². The minimum atomic E-state index is 0.0768. The van der Waals surface area contributed by atoms with Gasteiger partial charge in [0, 0.05) is 11.7 Å². The highest BCUT2D eigenvalue weighted by Crippen LogP contribution is 2.23. The van der Waals surface area contributed by atoms with Crippen LogP contribution in [0.3, 0.4) is 0 Å². The minimum absolute atomic E-state index is 0.0768. The first-order valence-corrected chi connectivity index (χ1v) is 6.63. The van der Waals surface area contributed by atoms with E-state index < -0.39 is 0 Å². The van der Waals surface area contributed by atoms with Crippen molar-refractivity contribution in [3.8, 4) is 0 Å². The Morgan fingerprint density at radius 1 is 1.11 bits per heavy atom. The van der Waals surface area contributed by atoms with Crippen LogP contribution in [0.2, 0.25) is 0 Å². The van der Waals surface area contributed by atoms with E-state index in [9.17, 15) is 0 Å². The summed E-state index contributed by atoms with van der Waals surface area (Å²) in [6.07, 6.45) is 0. The summed E-state index contributed by atoms with van der Waals surface area (Å²) in [7, 11) is 0. The molecule has 19 heavy (non-hydrogen) atoms. The van der Waals surface area contributed by atoms with Crippen molar-refractivity contribution < 1.29 is 5.11 Å². The molecule has 0 amide bonds. The van der Waals surface area contributed by atoms with Gasteiger partial charge in [0.1, 0.15) is 0 Å². The lowest BCUT2D eigenvalue weighted by Gasteiger charge is -2.18. The second-order valence-electron chi connectivity index (χ2n) is 5.08. The first-order valence-electron chi connectivity index (χ1n) is 6.63. The van der Waals surface area contributed by atoms with Gasteiger partial charge in [-0.2, -0.15) is 0 Å². The fourth-order valence-corrected chi connectivity index (χ4v) is 2.40. The summed E-state index contributed by atoms with van der Waals surface area (Å²) in [5.41, 5.74) is 5.87. The van der Waals surface area contributed by atoms with Crippen molar-refractivity contribution in [2.45, 2.75) is 33.4 Å². The van der Waals surface area contributed by atoms with Crippen molar-refractivity contribution in [2.24, 2.45) is 0 Å². The maximum atomic E-state index is 9.16. The highest BCUT2D eigenvalue weighted by Gasteiger charge is 2.08. The molecule has 2 aromatic rings. The number of aryl methyl sites for hydroxylation is 2. The monoisotopic (exact) mass is 255 g/mol. The Labute approximate surface area is 115 Å². The molecule has 2 N–H and O–H groups in total. The SMILES string of the molecule is Cc1ccc(C(C)Nc2cccc(CO)c2)c(C)c1. The van der Waals surface area contributed by atoms with Crippen molar-refractivity contribution in [1.82, 2.24) is 0 Å². The molecular formula is C17H21NO. The fraction of sp³-hybridized carbons (Fsp3) is 0.294. The van der Waals surface area contributed by atoms with Gasteiger partial charge in [-0.05, 0) is 49.6 Å². The Morgan fingerprint density at radius 3 is 2.58 bits per heavy atom. The van der Waals surface area contributed by atoms with Crippen molar-refractivity contribution in [3.05, 3.63) is 64.7 Å². The first-order chi connectivity index (χ1) is 9.10. The zero-order valence-corrected chi connectivity index (χ0v) is 11.8. The Morgan fingerprint density at radius 2 is 1.89 bits per heavy atom. The Bertz CT molecular complexity index is 563. The molecule has 0 bridgehead atoms. The predicted octanol–water partition coefficient (Wildman–Crippen LogP) is 3.97. The van der Waals surface area contributed by atoms with Gasteiger partial charge in [0.2, 0.25) is 0 Å². The Balaban J connectivity index is 2.17. The van der Waals surface area contributed by atoms with Crippen molar-refractivity contribution in [1.29, 1.82) is 0 Å². The molecule has 2 aromatic carbocycles. The van der Waals surface area contributed by atoms with Crippen LogP contribution < -0.4 is 5.32 Å². The third-order valence-corrected chi connectivity index (χ3v) is 3.38. The van der Waals surface area contributed by atoms with Crippen LogP contribution in [-0.2, 0) is 6.61 Å². The van der Waals surface area contributed by atoms with E-state index in [1.165, 1.54) is 16.7 Å². The molecular weight excluding hydrogens is 234 g/mol. The van der Waals surface area contributed by atoms with Gasteiger partial charge in [0.05, 0.1) is 6.61 Å². The lowest BCUT2D eigenvalue weighted by molar-refractivity contribution is 0.282. The molecule has 0 saturated heterocycles. The molecule has 2 rings (SSSR count). The highest BCUT2D eigenvalue weighted by molar-refractivity contribution is 5.48. The van der Waals surface area contributed by atoms with Gasteiger partial charge in [-0.1, -0.05) is 35.9 Å². The van der Waals surface area contributed by atoms with E-state index >= 15 is 0 Å². The molecule has 0 saturated carbocycles. The molecule has 2 nitrogen and oxygen atoms in total. The molecule has 100 valence electrons. The average Bonchev–Trinajstić information content (AvgIpc) is 2.38. The third kappa shape index (κ3) is 3.36. The van der Waals surface area contributed by atoms with E-state index in [-0.39, 0.29) is 12.6 Å². The maximum absolute atomic E-state index is 9.16. The second kappa shape index (κ2) is 5.89. The number of anilines is 1. The van der Waals surface area contributed by atoms with Gasteiger partial charge in [-0.25, -0.2) is 0 Å². The van der Waals surface area contributed by atoms with E-state index in [1.54, 1.807) is 0 Å². The smallest absolute Gasteiger partial charge is 0.0682 e. The molecule has 0 aromatic heterocycles. The number of aliphatic hydroxyl groups is 1. The summed E-state index contributed by atoms with van der Waals surface area (Å²) in [6.45, 7) is 6.49. The molecule has 0 aliphatic carbocycles. The van der Waals surface area contributed by atoms with Gasteiger partial charge >= 0.3 is 0 Å². The van der Waals surface area contributed by atoms with Crippen LogP contribution in [0.25, 0.3) is 0 Å². The average molecular weight is 255 g/mol. The van der Waals surface area contributed by atoms with Crippen LogP contribution in [0.5, 0.6) is 0 Å². The third-order valence-electron chi connectivity index (χ3n) is 3.38. The zero-order chi connectivity index (χ0) is 13.8. The van der Waals surface area contributed by atoms with E-state index in [2.05, 4.69) is 44.3 Å². The largest absolute Gasteiger partial charge is 0.392 e. The van der Waals surface area contributed by atoms with Crippen LogP contribution >= 0.6 is 0 Å². The predicted molar refractivity (Wildman–Crippen MR) is 80.3 cm³/mol. The number of benzene rings is 2. The molecule has 0 aliphatic heterocycles. The number of nitrogens with one attached hydrogen (secondary N) is 1. The quantitative estimate of drug-likeness (QED) is 0.866. The van der Waals surface area contributed by atoms with Crippen LogP contribution in [-0.4, -0.2) is 5.11 Å². The van der Waals surface area contributed by atoms with Gasteiger partial charge in [-0.15, -0.1) is 0 Å². The van der Waals surface area contributed by atoms with Crippen molar-refractivity contribution in [2.75, 3.05) is 5.32 Å². The van der Waals surface area contributed by atoms with Gasteiger partial charge in [-0.3, -0.25) is 0 Å². The number of aliphatic hydroxyl groups excluding tert-OH is 1. The first kappa shape index (κ1) is 13.6. The molecule has 0 fully saturated rings. The molecule has 0 radical (unpaired) electrons. The lowest BCUT2D eigenvalue weighted by Crippen LogP contribution is -2.08. The van der Waals surface area contributed by atoms with Crippen LogP contribution in [0.15, 0.2) is 42.5 Å².